The van der Waals surface area contributed by atoms with E-state index in [1.807, 2.05) is 18.2 Å². The molecule has 0 aromatic carbocycles. The van der Waals surface area contributed by atoms with Gasteiger partial charge in [-0.1, -0.05) is 19.4 Å². The second-order valence-electron chi connectivity index (χ2n) is 2.94. The first-order valence-corrected chi connectivity index (χ1v) is 5.82. The van der Waals surface area contributed by atoms with Gasteiger partial charge >= 0.3 is 0 Å². The number of carboxylic acid groups (broad SMARTS) is 1. The lowest BCUT2D eigenvalue weighted by molar-refractivity contribution is -0.134. The van der Waals surface area contributed by atoms with E-state index in [0.29, 0.717) is 6.61 Å². The lowest BCUT2D eigenvalue weighted by Gasteiger charge is -1.79. The van der Waals surface area contributed by atoms with Crippen LogP contribution in [0.5, 0.6) is 0 Å². The molecule has 19 heavy (non-hydrogen) atoms. The molecule has 0 saturated heterocycles. The number of pyridine rings is 1. The number of aliphatic hydroxyl groups excluding tert-OH is 2. The summed E-state index contributed by atoms with van der Waals surface area (Å²) in [5, 5.41) is 23.1. The van der Waals surface area contributed by atoms with Crippen molar-refractivity contribution >= 4 is 5.97 Å². The number of nitrogens with zero attached hydrogens (tertiary/aromatic N) is 1. The van der Waals surface area contributed by atoms with E-state index in [4.69, 9.17) is 20.1 Å². The van der Waals surface area contributed by atoms with Crippen molar-refractivity contribution in [2.75, 3.05) is 13.2 Å². The molecule has 5 N–H and O–H groups in total. The minimum absolute atomic E-state index is 0. The van der Waals surface area contributed by atoms with Crippen LogP contribution in [0.25, 0.3) is 0 Å². The smallest absolute Gasteiger partial charge is 0.300 e. The summed E-state index contributed by atoms with van der Waals surface area (Å²) in [5.41, 5.74) is 0. The van der Waals surface area contributed by atoms with Gasteiger partial charge in [-0.05, 0) is 25.5 Å². The topological polar surface area (TPSA) is 122 Å². The first kappa shape index (κ1) is 26.1. The van der Waals surface area contributed by atoms with E-state index < -0.39 is 5.97 Å². The largest absolute Gasteiger partial charge is 0.481 e. The molecule has 1 aromatic rings. The number of hydrogen-bond acceptors (Lipinski definition) is 4. The Morgan fingerprint density at radius 2 is 1.47 bits per heavy atom. The summed E-state index contributed by atoms with van der Waals surface area (Å²) in [6, 6.07) is 5.72. The Labute approximate surface area is 115 Å². The highest BCUT2D eigenvalue weighted by Crippen LogP contribution is 1.78. The molecule has 6 nitrogen and oxygen atoms in total. The fourth-order valence-electron chi connectivity index (χ4n) is 0.471. The van der Waals surface area contributed by atoms with Gasteiger partial charge in [0.1, 0.15) is 0 Å². The molecular formula is C13H27NO5. The van der Waals surface area contributed by atoms with Crippen molar-refractivity contribution in [2.45, 2.75) is 33.6 Å². The number of carbonyl (C=O) groups is 1. The van der Waals surface area contributed by atoms with Crippen LogP contribution in [0.2, 0.25) is 0 Å². The van der Waals surface area contributed by atoms with E-state index in [9.17, 15) is 0 Å². The molecule has 114 valence electrons. The van der Waals surface area contributed by atoms with Crippen LogP contribution >= 0.6 is 0 Å². The monoisotopic (exact) mass is 277 g/mol. The van der Waals surface area contributed by atoms with Crippen LogP contribution in [0, 0.1) is 0 Å². The van der Waals surface area contributed by atoms with Crippen LogP contribution in [0.15, 0.2) is 30.6 Å². The van der Waals surface area contributed by atoms with Gasteiger partial charge in [-0.25, -0.2) is 0 Å². The molecule has 0 bridgehead atoms. The number of unbranched alkanes of at least 4 members (excludes halogenated alkanes) is 1. The van der Waals surface area contributed by atoms with Crippen LogP contribution in [-0.4, -0.2) is 45.0 Å². The summed E-state index contributed by atoms with van der Waals surface area (Å²) < 4.78 is 0. The van der Waals surface area contributed by atoms with Crippen molar-refractivity contribution in [2.24, 2.45) is 0 Å². The van der Waals surface area contributed by atoms with Crippen LogP contribution in [0.4, 0.5) is 0 Å². The zero-order valence-corrected chi connectivity index (χ0v) is 11.9. The third-order valence-electron chi connectivity index (χ3n) is 1.08. The highest BCUT2D eigenvalue weighted by molar-refractivity contribution is 5.62. The number of aliphatic hydroxyl groups is 2. The molecular weight excluding hydrogens is 250 g/mol. The van der Waals surface area contributed by atoms with E-state index in [1.165, 1.54) is 0 Å². The minimum atomic E-state index is -0.833. The maximum atomic E-state index is 9.00. The summed E-state index contributed by atoms with van der Waals surface area (Å²) in [6.45, 7) is 5.41. The molecule has 1 aromatic heterocycles. The zero-order valence-electron chi connectivity index (χ0n) is 11.9. The minimum Gasteiger partial charge on any atom is -0.481 e. The molecule has 0 amide bonds. The third kappa shape index (κ3) is 82.1. The van der Waals surface area contributed by atoms with Crippen LogP contribution in [0.1, 0.15) is 33.6 Å². The lowest BCUT2D eigenvalue weighted by atomic mass is 10.4. The second-order valence-corrected chi connectivity index (χ2v) is 2.94. The molecule has 0 fully saturated rings. The second kappa shape index (κ2) is 30.0. The average molecular weight is 277 g/mol. The normalized spacial score (nSPS) is 7.00. The fourth-order valence-corrected chi connectivity index (χ4v) is 0.471. The molecule has 0 aliphatic carbocycles. The zero-order chi connectivity index (χ0) is 14.6. The Bertz CT molecular complexity index is 199. The number of hydrogen-bond donors (Lipinski definition) is 3. The van der Waals surface area contributed by atoms with Gasteiger partial charge in [0, 0.05) is 32.5 Å². The number of carboxylic acids is 1. The molecule has 0 aliphatic heterocycles. The fraction of sp³-hybridized carbons (Fsp3) is 0.538. The van der Waals surface area contributed by atoms with Crippen molar-refractivity contribution in [1.29, 1.82) is 0 Å². The molecule has 1 heterocycles. The Kier molecular flexibility index (Phi) is 41.2. The van der Waals surface area contributed by atoms with E-state index in [0.717, 1.165) is 19.8 Å². The first-order chi connectivity index (χ1) is 8.56. The molecule has 0 unspecified atom stereocenters. The van der Waals surface area contributed by atoms with E-state index in [2.05, 4.69) is 11.9 Å². The maximum Gasteiger partial charge on any atom is 0.300 e. The van der Waals surface area contributed by atoms with Crippen molar-refractivity contribution < 1.29 is 25.6 Å². The number of aromatic nitrogens is 1. The van der Waals surface area contributed by atoms with Crippen LogP contribution in [0.3, 0.4) is 0 Å². The molecule has 0 atom stereocenters. The quantitative estimate of drug-likeness (QED) is 0.747. The Morgan fingerprint density at radius 1 is 1.11 bits per heavy atom. The third-order valence-corrected chi connectivity index (χ3v) is 1.08. The van der Waals surface area contributed by atoms with E-state index in [-0.39, 0.29) is 12.1 Å². The lowest BCUT2D eigenvalue weighted by Crippen LogP contribution is -1.78. The first-order valence-electron chi connectivity index (χ1n) is 5.82. The highest BCUT2D eigenvalue weighted by atomic mass is 16.4. The standard InChI is InChI=1S/C5H5N.C4H10O.C2H4O2.C2H6O.H2O/c1-2-4-6-5-3-1;1-2-3-4-5;1-2(3)4;1-2-3;/h1-5H;5H,2-4H2,1H3;1H3,(H,3,4);3H,2H2,1H3;1H2. The summed E-state index contributed by atoms with van der Waals surface area (Å²) in [5.74, 6) is -0.833. The van der Waals surface area contributed by atoms with Gasteiger partial charge in [0.25, 0.3) is 5.97 Å². The van der Waals surface area contributed by atoms with Gasteiger partial charge in [0.2, 0.25) is 0 Å². The summed E-state index contributed by atoms with van der Waals surface area (Å²) in [7, 11) is 0. The molecule has 0 spiro atoms. The van der Waals surface area contributed by atoms with E-state index >= 15 is 0 Å². The summed E-state index contributed by atoms with van der Waals surface area (Å²) >= 11 is 0. The van der Waals surface area contributed by atoms with Gasteiger partial charge < -0.3 is 20.8 Å². The van der Waals surface area contributed by atoms with Gasteiger partial charge in [-0.15, -0.1) is 0 Å². The van der Waals surface area contributed by atoms with Gasteiger partial charge in [-0.2, -0.15) is 0 Å². The van der Waals surface area contributed by atoms with E-state index in [1.54, 1.807) is 19.3 Å². The van der Waals surface area contributed by atoms with Crippen LogP contribution < -0.4 is 0 Å². The number of aliphatic carboxylic acids is 1. The summed E-state index contributed by atoms with van der Waals surface area (Å²) in [4.78, 5) is 12.8. The summed E-state index contributed by atoms with van der Waals surface area (Å²) in [6.07, 6.45) is 5.54. The molecule has 0 radical (unpaired) electrons. The average Bonchev–Trinajstić information content (AvgIpc) is 2.33. The SMILES string of the molecule is CC(=O)O.CCCCO.CCO.O.c1ccncc1. The molecule has 0 aliphatic rings. The molecule has 1 rings (SSSR count). The maximum absolute atomic E-state index is 9.00. The van der Waals surface area contributed by atoms with Crippen molar-refractivity contribution in [3.8, 4) is 0 Å². The van der Waals surface area contributed by atoms with Crippen LogP contribution in [-0.2, 0) is 4.79 Å². The Morgan fingerprint density at radius 3 is 1.53 bits per heavy atom. The van der Waals surface area contributed by atoms with Crippen molar-refractivity contribution in [3.05, 3.63) is 30.6 Å². The highest BCUT2D eigenvalue weighted by Gasteiger charge is 1.69. The van der Waals surface area contributed by atoms with Gasteiger partial charge in [0.15, 0.2) is 0 Å². The van der Waals surface area contributed by atoms with Gasteiger partial charge in [-0.3, -0.25) is 9.78 Å². The predicted octanol–water partition coefficient (Wildman–Crippen LogP) is 1.13. The Hall–Kier alpha value is -1.50. The van der Waals surface area contributed by atoms with Gasteiger partial charge in [0.05, 0.1) is 0 Å². The number of rotatable bonds is 2. The van der Waals surface area contributed by atoms with Crippen molar-refractivity contribution in [1.82, 2.24) is 4.98 Å². The molecule has 0 saturated carbocycles. The Balaban J connectivity index is -0.0000000804. The predicted molar refractivity (Wildman–Crippen MR) is 75.9 cm³/mol. The molecule has 6 heteroatoms. The van der Waals surface area contributed by atoms with Crippen molar-refractivity contribution in [3.63, 3.8) is 0 Å².